The van der Waals surface area contributed by atoms with E-state index in [2.05, 4.69) is 10.3 Å². The van der Waals surface area contributed by atoms with Gasteiger partial charge in [0.1, 0.15) is 5.92 Å². The zero-order chi connectivity index (χ0) is 31.7. The SMILES string of the molecule is CCOC(=O)C1=C(C)N=c2s/c(=C\[C@H]3C(=O)NC(=S)N(c4ccccc4)C3=O)c(=O)n2[C@H]1c1ccc(OC(C)C)c(OC)c1. The molecule has 5 rings (SSSR count). The van der Waals surface area contributed by atoms with Crippen LogP contribution < -0.4 is 34.6 Å². The van der Waals surface area contributed by atoms with Crippen molar-refractivity contribution in [1.29, 1.82) is 0 Å². The lowest BCUT2D eigenvalue weighted by molar-refractivity contribution is -0.139. The molecule has 1 aromatic heterocycles. The zero-order valence-electron chi connectivity index (χ0n) is 24.7. The van der Waals surface area contributed by atoms with E-state index in [1.807, 2.05) is 13.8 Å². The Labute approximate surface area is 262 Å². The molecular formula is C31H30N4O7S2. The Hall–Kier alpha value is -4.62. The number of methoxy groups -OCH3 is 1. The quantitative estimate of drug-likeness (QED) is 0.228. The molecule has 0 aliphatic carbocycles. The molecule has 2 atom stereocenters. The number of carbonyl (C=O) groups is 3. The monoisotopic (exact) mass is 634 g/mol. The molecule has 2 aliphatic rings. The van der Waals surface area contributed by atoms with Gasteiger partial charge >= 0.3 is 5.97 Å². The number of amides is 2. The third-order valence-corrected chi connectivity index (χ3v) is 8.20. The van der Waals surface area contributed by atoms with Crippen molar-refractivity contribution in [2.24, 2.45) is 10.9 Å². The van der Waals surface area contributed by atoms with Crippen molar-refractivity contribution in [3.63, 3.8) is 0 Å². The molecule has 3 aromatic rings. The molecule has 3 heterocycles. The van der Waals surface area contributed by atoms with Crippen molar-refractivity contribution in [2.75, 3.05) is 18.6 Å². The minimum Gasteiger partial charge on any atom is -0.493 e. The van der Waals surface area contributed by atoms with Gasteiger partial charge in [-0.25, -0.2) is 9.79 Å². The summed E-state index contributed by atoms with van der Waals surface area (Å²) in [5, 5.41) is 2.51. The van der Waals surface area contributed by atoms with Crippen molar-refractivity contribution in [3.05, 3.63) is 85.1 Å². The van der Waals surface area contributed by atoms with Crippen molar-refractivity contribution in [2.45, 2.75) is 39.8 Å². The first-order valence-corrected chi connectivity index (χ1v) is 15.1. The molecule has 1 fully saturated rings. The van der Waals surface area contributed by atoms with E-state index in [1.54, 1.807) is 62.4 Å². The average molecular weight is 635 g/mol. The Bertz CT molecular complexity index is 1880. The number of hydrogen-bond donors (Lipinski definition) is 1. The van der Waals surface area contributed by atoms with Gasteiger partial charge < -0.3 is 19.5 Å². The fourth-order valence-corrected chi connectivity index (χ4v) is 6.39. The third kappa shape index (κ3) is 5.67. The molecule has 2 amide bonds. The van der Waals surface area contributed by atoms with E-state index < -0.39 is 35.3 Å². The van der Waals surface area contributed by atoms with Gasteiger partial charge in [-0.1, -0.05) is 35.6 Å². The van der Waals surface area contributed by atoms with Crippen LogP contribution in [0.15, 0.2) is 69.6 Å². The molecule has 2 aromatic carbocycles. The number of aromatic nitrogens is 1. The van der Waals surface area contributed by atoms with Crippen LogP contribution in [0, 0.1) is 5.92 Å². The van der Waals surface area contributed by atoms with Crippen LogP contribution in [0.25, 0.3) is 6.08 Å². The highest BCUT2D eigenvalue weighted by Crippen LogP contribution is 2.36. The third-order valence-electron chi connectivity index (χ3n) is 6.92. The summed E-state index contributed by atoms with van der Waals surface area (Å²) in [5.41, 5.74) is 1.05. The number of hydrogen-bond acceptors (Lipinski definition) is 10. The highest BCUT2D eigenvalue weighted by molar-refractivity contribution is 7.80. The molecule has 1 saturated heterocycles. The van der Waals surface area contributed by atoms with Crippen LogP contribution in [0.3, 0.4) is 0 Å². The number of carbonyl (C=O) groups excluding carboxylic acids is 3. The van der Waals surface area contributed by atoms with Crippen LogP contribution in [-0.2, 0) is 19.1 Å². The summed E-state index contributed by atoms with van der Waals surface area (Å²) in [4.78, 5) is 59.9. The van der Waals surface area contributed by atoms with Gasteiger partial charge in [-0.2, -0.15) is 0 Å². The number of thiazole rings is 1. The molecule has 13 heteroatoms. The zero-order valence-corrected chi connectivity index (χ0v) is 26.3. The summed E-state index contributed by atoms with van der Waals surface area (Å²) in [6, 6.07) is 12.9. The largest absolute Gasteiger partial charge is 0.493 e. The topological polar surface area (TPSA) is 129 Å². The molecule has 0 radical (unpaired) electrons. The standard InChI is InChI=1S/C31H30N4O7S2/c1-6-41-29(39)24-17(4)32-31-35(25(24)18-12-13-21(42-16(2)3)22(14-18)40-5)28(38)23(44-31)15-20-26(36)33-30(43)34(27(20)37)19-10-8-7-9-11-19/h7-16,20,25H,6H2,1-5H3,(H,33,36,43)/b23-15-/t20-,25-/m0/s1. The molecule has 0 spiro atoms. The van der Waals surface area contributed by atoms with Gasteiger partial charge in [0.15, 0.2) is 21.4 Å². The lowest BCUT2D eigenvalue weighted by Crippen LogP contribution is -2.58. The number of nitrogens with zero attached hydrogens (tertiary/aromatic N) is 3. The number of esters is 1. The maximum absolute atomic E-state index is 14.1. The summed E-state index contributed by atoms with van der Waals surface area (Å²) >= 11 is 6.29. The fourth-order valence-electron chi connectivity index (χ4n) is 5.04. The molecule has 44 heavy (non-hydrogen) atoms. The number of para-hydroxylation sites is 1. The molecule has 0 unspecified atom stereocenters. The number of rotatable bonds is 8. The number of anilines is 1. The summed E-state index contributed by atoms with van der Waals surface area (Å²) in [7, 11) is 1.50. The van der Waals surface area contributed by atoms with Crippen molar-refractivity contribution < 1.29 is 28.6 Å². The highest BCUT2D eigenvalue weighted by atomic mass is 32.1. The summed E-state index contributed by atoms with van der Waals surface area (Å²) in [6.45, 7) is 7.26. The predicted molar refractivity (Wildman–Crippen MR) is 168 cm³/mol. The lowest BCUT2D eigenvalue weighted by atomic mass is 9.95. The van der Waals surface area contributed by atoms with E-state index >= 15 is 0 Å². The lowest BCUT2D eigenvalue weighted by Gasteiger charge is -2.31. The second kappa shape index (κ2) is 12.5. The van der Waals surface area contributed by atoms with Crippen LogP contribution in [0.5, 0.6) is 11.5 Å². The second-order valence-corrected chi connectivity index (χ2v) is 11.6. The molecule has 0 bridgehead atoms. The Morgan fingerprint density at radius 2 is 1.86 bits per heavy atom. The van der Waals surface area contributed by atoms with Crippen molar-refractivity contribution in [1.82, 2.24) is 9.88 Å². The van der Waals surface area contributed by atoms with E-state index in [4.69, 9.17) is 26.4 Å². The van der Waals surface area contributed by atoms with Gasteiger partial charge in [0, 0.05) is 0 Å². The van der Waals surface area contributed by atoms with Crippen LogP contribution in [0.1, 0.15) is 39.3 Å². The number of allylic oxidation sites excluding steroid dienone is 1. The Morgan fingerprint density at radius 1 is 1.14 bits per heavy atom. The predicted octanol–water partition coefficient (Wildman–Crippen LogP) is 2.61. The fraction of sp³-hybridized carbons (Fsp3) is 0.290. The summed E-state index contributed by atoms with van der Waals surface area (Å²) < 4.78 is 18.3. The molecule has 11 nitrogen and oxygen atoms in total. The van der Waals surface area contributed by atoms with Gasteiger partial charge in [-0.05, 0) is 75.8 Å². The van der Waals surface area contributed by atoms with Gasteiger partial charge in [-0.3, -0.25) is 23.9 Å². The van der Waals surface area contributed by atoms with Gasteiger partial charge in [-0.15, -0.1) is 0 Å². The Kier molecular flexibility index (Phi) is 8.79. The number of thiocarbonyl (C=S) groups is 1. The van der Waals surface area contributed by atoms with Crippen LogP contribution >= 0.6 is 23.6 Å². The first-order valence-electron chi connectivity index (χ1n) is 13.8. The van der Waals surface area contributed by atoms with E-state index in [1.165, 1.54) is 22.7 Å². The van der Waals surface area contributed by atoms with Crippen LogP contribution in [0.4, 0.5) is 5.69 Å². The normalized spacial score (nSPS) is 18.6. The van der Waals surface area contributed by atoms with Crippen molar-refractivity contribution in [3.8, 4) is 11.5 Å². The first kappa shape index (κ1) is 30.8. The average Bonchev–Trinajstić information content (AvgIpc) is 3.29. The molecule has 228 valence electrons. The smallest absolute Gasteiger partial charge is 0.338 e. The number of nitrogens with one attached hydrogen (secondary N) is 1. The van der Waals surface area contributed by atoms with Gasteiger partial charge in [0.05, 0.1) is 47.4 Å². The van der Waals surface area contributed by atoms with Crippen LogP contribution in [0.2, 0.25) is 0 Å². The van der Waals surface area contributed by atoms with E-state index in [9.17, 15) is 19.2 Å². The summed E-state index contributed by atoms with van der Waals surface area (Å²) in [6.07, 6.45) is 1.20. The first-order chi connectivity index (χ1) is 21.0. The van der Waals surface area contributed by atoms with Gasteiger partial charge in [0.25, 0.3) is 5.56 Å². The summed E-state index contributed by atoms with van der Waals surface area (Å²) in [5.74, 6) is -2.29. The number of benzene rings is 2. The minimum absolute atomic E-state index is 0.0501. The Balaban J connectivity index is 1.66. The molecular weight excluding hydrogens is 604 g/mol. The van der Waals surface area contributed by atoms with Crippen LogP contribution in [-0.4, -0.2) is 47.3 Å². The second-order valence-electron chi connectivity index (χ2n) is 10.2. The molecule has 0 saturated carbocycles. The van der Waals surface area contributed by atoms with E-state index in [0.717, 1.165) is 11.3 Å². The molecule has 2 aliphatic heterocycles. The molecule has 1 N–H and O–H groups in total. The number of fused-ring (bicyclic) bond motifs is 1. The highest BCUT2D eigenvalue weighted by Gasteiger charge is 2.39. The van der Waals surface area contributed by atoms with E-state index in [-0.39, 0.29) is 32.7 Å². The Morgan fingerprint density at radius 3 is 2.52 bits per heavy atom. The maximum atomic E-state index is 14.1. The van der Waals surface area contributed by atoms with E-state index in [0.29, 0.717) is 28.4 Å². The number of ether oxygens (including phenoxy) is 3. The van der Waals surface area contributed by atoms with Gasteiger partial charge in [0.2, 0.25) is 11.8 Å². The maximum Gasteiger partial charge on any atom is 0.338 e. The minimum atomic E-state index is -1.33. The van der Waals surface area contributed by atoms with Crippen molar-refractivity contribution >= 4 is 58.2 Å².